The molecule has 1 heterocycles. The number of allylic oxidation sites excluding steroid dienone is 1. The molecule has 0 aromatic heterocycles. The van der Waals surface area contributed by atoms with Gasteiger partial charge in [0.2, 0.25) is 0 Å². The molecule has 0 unspecified atom stereocenters. The Labute approximate surface area is 184 Å². The molecule has 0 saturated carbocycles. The van der Waals surface area contributed by atoms with Crippen LogP contribution in [0.1, 0.15) is 32.4 Å². The maximum absolute atomic E-state index is 12.4. The number of ether oxygens (including phenoxy) is 3. The highest BCUT2D eigenvalue weighted by atomic mass is 16.6. The van der Waals surface area contributed by atoms with E-state index in [-0.39, 0.29) is 23.4 Å². The molecule has 2 aromatic rings. The number of fused-ring (bicyclic) bond motifs is 2. The van der Waals surface area contributed by atoms with E-state index >= 15 is 0 Å². The Balaban J connectivity index is 1.51. The second kappa shape index (κ2) is 8.75. The topological polar surface area (TPSA) is 56.8 Å². The Hall–Kier alpha value is -2.79. The van der Waals surface area contributed by atoms with Crippen LogP contribution in [0.5, 0.6) is 5.75 Å². The van der Waals surface area contributed by atoms with Crippen LogP contribution >= 0.6 is 0 Å². The van der Waals surface area contributed by atoms with E-state index in [9.17, 15) is 4.79 Å². The third kappa shape index (κ3) is 4.07. The molecule has 2 aliphatic rings. The lowest BCUT2D eigenvalue weighted by Crippen LogP contribution is -2.54. The summed E-state index contributed by atoms with van der Waals surface area (Å²) in [5.41, 5.74) is 2.96. The third-order valence-electron chi connectivity index (χ3n) is 7.19. The van der Waals surface area contributed by atoms with Crippen LogP contribution in [0.4, 0.5) is 10.5 Å². The number of hydrogen-bond donors (Lipinski definition) is 1. The Morgan fingerprint density at radius 1 is 1.13 bits per heavy atom. The number of rotatable bonds is 5. The van der Waals surface area contributed by atoms with Gasteiger partial charge in [0.1, 0.15) is 12.4 Å². The first-order valence-corrected chi connectivity index (χ1v) is 10.9. The number of para-hydroxylation sites is 1. The van der Waals surface area contributed by atoms with Gasteiger partial charge in [0.15, 0.2) is 0 Å². The van der Waals surface area contributed by atoms with Crippen LogP contribution < -0.4 is 10.1 Å². The van der Waals surface area contributed by atoms with Crippen LogP contribution in [0, 0.1) is 23.2 Å². The van der Waals surface area contributed by atoms with Gasteiger partial charge in [-0.05, 0) is 48.6 Å². The van der Waals surface area contributed by atoms with E-state index in [0.29, 0.717) is 19.1 Å². The molecule has 5 nitrogen and oxygen atoms in total. The molecule has 1 N–H and O–H groups in total. The monoisotopic (exact) mass is 421 g/mol. The van der Waals surface area contributed by atoms with Crippen molar-refractivity contribution in [2.75, 3.05) is 25.6 Å². The maximum Gasteiger partial charge on any atom is 0.411 e. The van der Waals surface area contributed by atoms with Crippen molar-refractivity contribution in [3.8, 4) is 5.75 Å². The van der Waals surface area contributed by atoms with Gasteiger partial charge in [-0.2, -0.15) is 0 Å². The maximum atomic E-state index is 12.4. The van der Waals surface area contributed by atoms with Gasteiger partial charge < -0.3 is 14.2 Å². The molecule has 1 fully saturated rings. The Morgan fingerprint density at radius 3 is 2.52 bits per heavy atom. The van der Waals surface area contributed by atoms with Gasteiger partial charge in [0, 0.05) is 17.0 Å². The lowest BCUT2D eigenvalue weighted by molar-refractivity contribution is -0.165. The fraction of sp³-hybridized carbons (Fsp3) is 0.423. The van der Waals surface area contributed by atoms with Crippen molar-refractivity contribution in [2.24, 2.45) is 23.2 Å². The minimum absolute atomic E-state index is 0.0177. The number of anilines is 1. The zero-order valence-corrected chi connectivity index (χ0v) is 18.6. The van der Waals surface area contributed by atoms with Crippen molar-refractivity contribution in [1.29, 1.82) is 0 Å². The fourth-order valence-electron chi connectivity index (χ4n) is 5.23. The molecule has 0 spiro atoms. The van der Waals surface area contributed by atoms with Crippen LogP contribution in [-0.2, 0) is 9.47 Å². The molecule has 4 rings (SSSR count). The van der Waals surface area contributed by atoms with Crippen molar-refractivity contribution in [3.63, 3.8) is 0 Å². The molecule has 2 bridgehead atoms. The minimum atomic E-state index is -0.430. The Kier molecular flexibility index (Phi) is 6.05. The molecular formula is C26H31NO4. The molecule has 1 saturated heterocycles. The van der Waals surface area contributed by atoms with Gasteiger partial charge in [-0.1, -0.05) is 55.8 Å². The lowest BCUT2D eigenvalue weighted by atomic mass is 9.56. The summed E-state index contributed by atoms with van der Waals surface area (Å²) in [4.78, 5) is 12.4. The summed E-state index contributed by atoms with van der Waals surface area (Å²) in [5.74, 6) is 1.63. The predicted octanol–water partition coefficient (Wildman–Crippen LogP) is 5.85. The van der Waals surface area contributed by atoms with E-state index in [1.807, 2.05) is 42.5 Å². The molecule has 164 valence electrons. The molecule has 31 heavy (non-hydrogen) atoms. The Bertz CT molecular complexity index is 940. The summed E-state index contributed by atoms with van der Waals surface area (Å²) in [6, 6.07) is 17.5. The zero-order chi connectivity index (χ0) is 22.0. The van der Waals surface area contributed by atoms with Crippen LogP contribution in [0.25, 0.3) is 0 Å². The third-order valence-corrected chi connectivity index (χ3v) is 7.19. The van der Waals surface area contributed by atoms with Crippen LogP contribution in [0.3, 0.4) is 0 Å². The summed E-state index contributed by atoms with van der Waals surface area (Å²) in [7, 11) is 1.67. The minimum Gasteiger partial charge on any atom is -0.497 e. The molecular weight excluding hydrogens is 390 g/mol. The van der Waals surface area contributed by atoms with E-state index in [2.05, 4.69) is 44.3 Å². The first-order chi connectivity index (χ1) is 14.9. The summed E-state index contributed by atoms with van der Waals surface area (Å²) in [6.07, 6.45) is 1.89. The van der Waals surface area contributed by atoms with E-state index in [1.165, 1.54) is 5.57 Å². The van der Waals surface area contributed by atoms with Crippen molar-refractivity contribution in [1.82, 2.24) is 0 Å². The van der Waals surface area contributed by atoms with Crippen molar-refractivity contribution in [2.45, 2.75) is 26.9 Å². The number of hydrogen-bond acceptors (Lipinski definition) is 4. The molecule has 2 aromatic carbocycles. The Morgan fingerprint density at radius 2 is 1.84 bits per heavy atom. The number of carbonyl (C=O) groups is 1. The SMILES string of the molecule is COc1ccc([C@@H]2OC[C@]3(COC(=O)Nc4ccccc4)[C@H](C)[C@@H]2C(C)=C[C@@H]3C)cc1. The molecule has 1 aliphatic carbocycles. The van der Waals surface area contributed by atoms with Crippen molar-refractivity contribution in [3.05, 3.63) is 71.8 Å². The predicted molar refractivity (Wildman–Crippen MR) is 121 cm³/mol. The number of carbonyl (C=O) groups excluding carboxylic acids is 1. The average Bonchev–Trinajstić information content (AvgIpc) is 2.77. The average molecular weight is 422 g/mol. The van der Waals surface area contributed by atoms with Gasteiger partial charge in [0.05, 0.1) is 19.8 Å². The van der Waals surface area contributed by atoms with E-state index in [4.69, 9.17) is 14.2 Å². The van der Waals surface area contributed by atoms with Crippen molar-refractivity contribution < 1.29 is 19.0 Å². The molecule has 0 radical (unpaired) electrons. The summed E-state index contributed by atoms with van der Waals surface area (Å²) in [6.45, 7) is 7.53. The highest BCUT2D eigenvalue weighted by Crippen LogP contribution is 2.56. The van der Waals surface area contributed by atoms with E-state index in [1.54, 1.807) is 7.11 Å². The first-order valence-electron chi connectivity index (χ1n) is 10.9. The fourth-order valence-corrected chi connectivity index (χ4v) is 5.23. The van der Waals surface area contributed by atoms with Gasteiger partial charge >= 0.3 is 6.09 Å². The van der Waals surface area contributed by atoms with E-state index in [0.717, 1.165) is 17.0 Å². The van der Waals surface area contributed by atoms with Gasteiger partial charge in [0.25, 0.3) is 0 Å². The number of amides is 1. The van der Waals surface area contributed by atoms with Crippen LogP contribution in [-0.4, -0.2) is 26.4 Å². The molecule has 1 aliphatic heterocycles. The number of methoxy groups -OCH3 is 1. The van der Waals surface area contributed by atoms with Crippen LogP contribution in [0.2, 0.25) is 0 Å². The van der Waals surface area contributed by atoms with Gasteiger partial charge in [-0.3, -0.25) is 5.32 Å². The van der Waals surface area contributed by atoms with Gasteiger partial charge in [-0.25, -0.2) is 4.79 Å². The normalized spacial score (nSPS) is 29.6. The number of benzene rings is 2. The summed E-state index contributed by atoms with van der Waals surface area (Å²) in [5, 5.41) is 2.81. The summed E-state index contributed by atoms with van der Waals surface area (Å²) < 4.78 is 17.5. The first kappa shape index (κ1) is 21.4. The highest BCUT2D eigenvalue weighted by molar-refractivity contribution is 5.84. The molecule has 5 atom stereocenters. The smallest absolute Gasteiger partial charge is 0.411 e. The molecule has 5 heteroatoms. The standard InChI is InChI=1S/C26H31NO4/c1-17-14-18(2)26(16-31-25(28)27-21-8-6-5-7-9-21)15-30-24(23(17)19(26)3)20-10-12-22(29-4)13-11-20/h5-14,18-19,23-24H,15-16H2,1-4H3,(H,27,28)/t18-,19+,23-,24-,26+/m0/s1. The largest absolute Gasteiger partial charge is 0.497 e. The van der Waals surface area contributed by atoms with E-state index < -0.39 is 6.09 Å². The molecule has 1 amide bonds. The lowest BCUT2D eigenvalue weighted by Gasteiger charge is -2.55. The zero-order valence-electron chi connectivity index (χ0n) is 18.6. The highest BCUT2D eigenvalue weighted by Gasteiger charge is 2.54. The van der Waals surface area contributed by atoms with Crippen molar-refractivity contribution >= 4 is 11.8 Å². The van der Waals surface area contributed by atoms with Crippen LogP contribution in [0.15, 0.2) is 66.2 Å². The van der Waals surface area contributed by atoms with Gasteiger partial charge in [-0.15, -0.1) is 0 Å². The second-order valence-corrected chi connectivity index (χ2v) is 8.82. The summed E-state index contributed by atoms with van der Waals surface area (Å²) >= 11 is 0. The quantitative estimate of drug-likeness (QED) is 0.615. The number of nitrogens with one attached hydrogen (secondary N) is 1. The second-order valence-electron chi connectivity index (χ2n) is 8.82.